The number of rotatable bonds is 6. The Bertz CT molecular complexity index is 1370. The van der Waals surface area contributed by atoms with Gasteiger partial charge in [-0.25, -0.2) is 32.5 Å². The highest BCUT2D eigenvalue weighted by Gasteiger charge is 2.30. The monoisotopic (exact) mass is 545 g/mol. The Kier molecular flexibility index (Phi) is 7.65. The lowest BCUT2D eigenvalue weighted by Crippen LogP contribution is -2.40. The number of aromatic nitrogens is 3. The Morgan fingerprint density at radius 2 is 1.82 bits per heavy atom. The Labute approximate surface area is 222 Å². The summed E-state index contributed by atoms with van der Waals surface area (Å²) >= 11 is 0. The molecular formula is C27H27F4N5O3. The fourth-order valence-corrected chi connectivity index (χ4v) is 4.80. The number of alkyl halides is 2. The van der Waals surface area contributed by atoms with Gasteiger partial charge in [-0.3, -0.25) is 4.79 Å². The lowest BCUT2D eigenvalue weighted by molar-refractivity contribution is -0.129. The summed E-state index contributed by atoms with van der Waals surface area (Å²) in [5.41, 5.74) is 1.77. The second kappa shape index (κ2) is 11.1. The van der Waals surface area contributed by atoms with Crippen molar-refractivity contribution in [2.45, 2.75) is 51.4 Å². The van der Waals surface area contributed by atoms with Crippen LogP contribution in [0.5, 0.6) is 5.75 Å². The quantitative estimate of drug-likeness (QED) is 0.467. The average molecular weight is 546 g/mol. The molecule has 2 aromatic heterocycles. The van der Waals surface area contributed by atoms with E-state index in [1.807, 2.05) is 4.90 Å². The van der Waals surface area contributed by atoms with Crippen LogP contribution in [0, 0.1) is 11.6 Å². The highest BCUT2D eigenvalue weighted by atomic mass is 19.3. The number of carbonyl (C=O) groups is 1. The van der Waals surface area contributed by atoms with E-state index in [4.69, 9.17) is 14.7 Å². The van der Waals surface area contributed by atoms with Gasteiger partial charge in [0.2, 0.25) is 5.91 Å². The van der Waals surface area contributed by atoms with Gasteiger partial charge in [0.1, 0.15) is 17.6 Å². The van der Waals surface area contributed by atoms with E-state index in [1.165, 1.54) is 25.1 Å². The van der Waals surface area contributed by atoms with E-state index in [2.05, 4.69) is 4.98 Å². The molecule has 4 heterocycles. The van der Waals surface area contributed by atoms with E-state index in [0.717, 1.165) is 17.8 Å². The Hall–Kier alpha value is -3.80. The van der Waals surface area contributed by atoms with Crippen LogP contribution in [0.15, 0.2) is 36.4 Å². The molecular weight excluding hydrogens is 518 g/mol. The van der Waals surface area contributed by atoms with Crippen molar-refractivity contribution in [1.82, 2.24) is 19.9 Å². The van der Waals surface area contributed by atoms with Crippen LogP contribution in [0.2, 0.25) is 0 Å². The highest BCUT2D eigenvalue weighted by Crippen LogP contribution is 2.33. The molecule has 0 radical (unpaired) electrons. The second-order valence-electron chi connectivity index (χ2n) is 9.59. The number of piperidine rings is 1. The molecule has 0 aliphatic carbocycles. The summed E-state index contributed by atoms with van der Waals surface area (Å²) < 4.78 is 59.5. The van der Waals surface area contributed by atoms with E-state index in [-0.39, 0.29) is 35.7 Å². The van der Waals surface area contributed by atoms with Gasteiger partial charge in [0.15, 0.2) is 23.5 Å². The highest BCUT2D eigenvalue weighted by molar-refractivity contribution is 5.74. The summed E-state index contributed by atoms with van der Waals surface area (Å²) in [5.74, 6) is -1.05. The predicted octanol–water partition coefficient (Wildman–Crippen LogP) is 4.07. The third-order valence-electron chi connectivity index (χ3n) is 6.92. The molecule has 0 saturated carbocycles. The summed E-state index contributed by atoms with van der Waals surface area (Å²) in [6, 6.07) is 7.63. The van der Waals surface area contributed by atoms with Gasteiger partial charge in [-0.2, -0.15) is 0 Å². The van der Waals surface area contributed by atoms with Crippen molar-refractivity contribution >= 4 is 11.7 Å². The normalized spacial score (nSPS) is 16.8. The van der Waals surface area contributed by atoms with Crippen LogP contribution >= 0.6 is 0 Å². The van der Waals surface area contributed by atoms with Gasteiger partial charge in [0.05, 0.1) is 29.3 Å². The molecule has 1 N–H and O–H groups in total. The number of anilines is 1. The maximum atomic E-state index is 14.1. The van der Waals surface area contributed by atoms with Crippen LogP contribution in [0.4, 0.5) is 23.4 Å². The number of amides is 1. The molecule has 2 aliphatic heterocycles. The molecule has 0 bridgehead atoms. The first-order chi connectivity index (χ1) is 18.7. The minimum Gasteiger partial charge on any atom is -0.487 e. The molecule has 12 heteroatoms. The lowest BCUT2D eigenvalue weighted by atomic mass is 10.1. The maximum Gasteiger partial charge on any atom is 0.269 e. The summed E-state index contributed by atoms with van der Waals surface area (Å²) in [5, 5.41) is 9.90. The molecule has 1 fully saturated rings. The largest absolute Gasteiger partial charge is 0.487 e. The third kappa shape index (κ3) is 5.80. The maximum absolute atomic E-state index is 14.1. The van der Waals surface area contributed by atoms with E-state index in [1.54, 1.807) is 11.0 Å². The predicted molar refractivity (Wildman–Crippen MR) is 133 cm³/mol. The zero-order valence-electron chi connectivity index (χ0n) is 21.2. The number of nitrogens with zero attached hydrogens (tertiary/aromatic N) is 5. The second-order valence-corrected chi connectivity index (χ2v) is 9.59. The van der Waals surface area contributed by atoms with Gasteiger partial charge in [0.25, 0.3) is 6.43 Å². The Balaban J connectivity index is 1.44. The van der Waals surface area contributed by atoms with Crippen molar-refractivity contribution in [3.8, 4) is 17.1 Å². The first-order valence-electron chi connectivity index (χ1n) is 12.6. The lowest BCUT2D eigenvalue weighted by Gasteiger charge is -2.35. The van der Waals surface area contributed by atoms with E-state index < -0.39 is 24.2 Å². The molecule has 0 spiro atoms. The van der Waals surface area contributed by atoms with Crippen LogP contribution in [0.25, 0.3) is 11.4 Å². The number of aliphatic hydroxyl groups is 1. The summed E-state index contributed by atoms with van der Waals surface area (Å²) in [6.45, 7) is 3.21. The van der Waals surface area contributed by atoms with Gasteiger partial charge in [-0.05, 0) is 24.3 Å². The molecule has 1 aromatic carbocycles. The summed E-state index contributed by atoms with van der Waals surface area (Å²) in [6.07, 6.45) is -3.81. The molecule has 5 rings (SSSR count). The number of benzene rings is 1. The standard InChI is InChI=1S/C27H27F4N5O3/c1-15(37)36-12-9-19-22(14-36)33-24(20-3-2-4-21(32-20)25(38)26(30)31)27(34-19)35-10-7-17(8-11-35)39-23-6-5-16(28)13-18(23)29/h2-6,13,17,25-26,38H,7-12,14H2,1H3. The number of hydrogen-bond acceptors (Lipinski definition) is 7. The third-order valence-corrected chi connectivity index (χ3v) is 6.92. The Morgan fingerprint density at radius 1 is 1.05 bits per heavy atom. The summed E-state index contributed by atoms with van der Waals surface area (Å²) in [7, 11) is 0. The minimum atomic E-state index is -3.00. The smallest absolute Gasteiger partial charge is 0.269 e. The average Bonchev–Trinajstić information content (AvgIpc) is 2.93. The number of ether oxygens (including phenoxy) is 1. The van der Waals surface area contributed by atoms with Crippen molar-refractivity contribution in [2.24, 2.45) is 0 Å². The van der Waals surface area contributed by atoms with Crippen LogP contribution in [-0.2, 0) is 17.8 Å². The molecule has 1 amide bonds. The van der Waals surface area contributed by atoms with Crippen molar-refractivity contribution in [3.63, 3.8) is 0 Å². The molecule has 1 atom stereocenters. The van der Waals surface area contributed by atoms with Gasteiger partial charge < -0.3 is 19.6 Å². The molecule has 3 aromatic rings. The molecule has 8 nitrogen and oxygen atoms in total. The van der Waals surface area contributed by atoms with Crippen LogP contribution in [0.3, 0.4) is 0 Å². The van der Waals surface area contributed by atoms with Crippen molar-refractivity contribution in [3.05, 3.63) is 65.1 Å². The zero-order chi connectivity index (χ0) is 27.7. The zero-order valence-corrected chi connectivity index (χ0v) is 21.2. The first-order valence-corrected chi connectivity index (χ1v) is 12.6. The molecule has 2 aliphatic rings. The summed E-state index contributed by atoms with van der Waals surface area (Å²) in [4.78, 5) is 29.6. The van der Waals surface area contributed by atoms with Gasteiger partial charge >= 0.3 is 0 Å². The van der Waals surface area contributed by atoms with Gasteiger partial charge in [-0.15, -0.1) is 0 Å². The van der Waals surface area contributed by atoms with E-state index in [0.29, 0.717) is 56.1 Å². The number of carbonyl (C=O) groups excluding carboxylic acids is 1. The molecule has 1 unspecified atom stereocenters. The fourth-order valence-electron chi connectivity index (χ4n) is 4.80. The molecule has 39 heavy (non-hydrogen) atoms. The van der Waals surface area contributed by atoms with E-state index >= 15 is 0 Å². The van der Waals surface area contributed by atoms with Crippen molar-refractivity contribution in [1.29, 1.82) is 0 Å². The molecule has 1 saturated heterocycles. The van der Waals surface area contributed by atoms with E-state index in [9.17, 15) is 27.5 Å². The minimum absolute atomic E-state index is 0.0160. The van der Waals surface area contributed by atoms with Crippen LogP contribution in [0.1, 0.15) is 43.0 Å². The van der Waals surface area contributed by atoms with Gasteiger partial charge in [0, 0.05) is 51.9 Å². The number of pyridine rings is 1. The van der Waals surface area contributed by atoms with Crippen LogP contribution < -0.4 is 9.64 Å². The first kappa shape index (κ1) is 26.8. The van der Waals surface area contributed by atoms with Crippen molar-refractivity contribution < 1.29 is 32.2 Å². The molecule has 206 valence electrons. The number of hydrogen-bond donors (Lipinski definition) is 1. The topological polar surface area (TPSA) is 91.7 Å². The van der Waals surface area contributed by atoms with Gasteiger partial charge in [-0.1, -0.05) is 6.07 Å². The fraction of sp³-hybridized carbons (Fsp3) is 0.407. The van der Waals surface area contributed by atoms with Crippen LogP contribution in [-0.4, -0.2) is 63.0 Å². The number of fused-ring (bicyclic) bond motifs is 1. The number of aliphatic hydroxyl groups excluding tert-OH is 1. The van der Waals surface area contributed by atoms with Crippen molar-refractivity contribution in [2.75, 3.05) is 24.5 Å². The number of halogens is 4. The Morgan fingerprint density at radius 3 is 2.51 bits per heavy atom. The SMILES string of the molecule is CC(=O)N1CCc2nc(N3CCC(Oc4ccc(F)cc4F)CC3)c(-c3cccc(C(O)C(F)F)n3)nc2C1.